The molecule has 1 saturated heterocycles. The lowest BCUT2D eigenvalue weighted by Gasteiger charge is -2.29. The molecule has 176 valence electrons. The van der Waals surface area contributed by atoms with Gasteiger partial charge in [-0.2, -0.15) is 22.5 Å². The summed E-state index contributed by atoms with van der Waals surface area (Å²) in [5, 5.41) is 4.13. The largest absolute Gasteiger partial charge is 0.416 e. The number of halogens is 3. The van der Waals surface area contributed by atoms with Crippen molar-refractivity contribution >= 4 is 10.0 Å². The Kier molecular flexibility index (Phi) is 6.32. The second-order valence-electron chi connectivity index (χ2n) is 8.27. The summed E-state index contributed by atoms with van der Waals surface area (Å²) in [5.41, 5.74) is 1.25. The van der Waals surface area contributed by atoms with Gasteiger partial charge < -0.3 is 4.52 Å². The number of nitrogens with zero attached hydrogens (tertiary/aromatic N) is 3. The van der Waals surface area contributed by atoms with Crippen molar-refractivity contribution < 1.29 is 26.1 Å². The molecule has 0 saturated carbocycles. The van der Waals surface area contributed by atoms with Crippen LogP contribution in [-0.2, 0) is 16.2 Å². The number of hydrogen-bond acceptors (Lipinski definition) is 5. The number of aromatic nitrogens is 2. The smallest absolute Gasteiger partial charge is 0.339 e. The molecule has 0 bridgehead atoms. The quantitative estimate of drug-likeness (QED) is 0.508. The van der Waals surface area contributed by atoms with Crippen molar-refractivity contribution in [2.45, 2.75) is 49.6 Å². The number of alkyl halides is 3. The zero-order chi connectivity index (χ0) is 23.8. The average Bonchev–Trinajstić information content (AvgIpc) is 3.29. The van der Waals surface area contributed by atoms with Crippen molar-refractivity contribution in [1.29, 1.82) is 0 Å². The van der Waals surface area contributed by atoms with E-state index in [1.54, 1.807) is 0 Å². The molecule has 1 fully saturated rings. The van der Waals surface area contributed by atoms with Gasteiger partial charge in [0, 0.05) is 24.9 Å². The molecule has 0 spiro atoms. The fourth-order valence-corrected chi connectivity index (χ4v) is 5.64. The zero-order valence-corrected chi connectivity index (χ0v) is 19.0. The lowest BCUT2D eigenvalue weighted by molar-refractivity contribution is -0.137. The summed E-state index contributed by atoms with van der Waals surface area (Å²) < 4.78 is 71.5. The lowest BCUT2D eigenvalue weighted by atomic mass is 9.95. The molecule has 4 rings (SSSR count). The van der Waals surface area contributed by atoms with Crippen LogP contribution >= 0.6 is 0 Å². The molecule has 33 heavy (non-hydrogen) atoms. The SMILES string of the molecule is Cc1ccccc1C(C)c1noc(C2CCN(S(=O)(=O)c3cccc(C(F)(F)F)c3)CC2)n1. The van der Waals surface area contributed by atoms with E-state index in [1.807, 2.05) is 38.1 Å². The predicted octanol–water partition coefficient (Wildman–Crippen LogP) is 5.12. The number of piperidine rings is 1. The Hall–Kier alpha value is -2.72. The molecule has 1 aliphatic heterocycles. The van der Waals surface area contributed by atoms with Gasteiger partial charge in [0.2, 0.25) is 15.9 Å². The highest BCUT2D eigenvalue weighted by atomic mass is 32.2. The summed E-state index contributed by atoms with van der Waals surface area (Å²) in [4.78, 5) is 4.21. The van der Waals surface area contributed by atoms with Crippen LogP contribution in [0.2, 0.25) is 0 Å². The maximum atomic E-state index is 13.0. The van der Waals surface area contributed by atoms with Crippen LogP contribution in [0, 0.1) is 6.92 Å². The molecule has 1 aromatic heterocycles. The van der Waals surface area contributed by atoms with Crippen LogP contribution in [0.25, 0.3) is 0 Å². The Morgan fingerprint density at radius 3 is 2.45 bits per heavy atom. The van der Waals surface area contributed by atoms with Crippen molar-refractivity contribution in [3.05, 3.63) is 76.9 Å². The maximum absolute atomic E-state index is 13.0. The second kappa shape index (κ2) is 8.90. The normalized spacial score (nSPS) is 17.2. The Bertz CT molecular complexity index is 1230. The average molecular weight is 480 g/mol. The number of sulfonamides is 1. The van der Waals surface area contributed by atoms with E-state index < -0.39 is 21.8 Å². The van der Waals surface area contributed by atoms with E-state index in [1.165, 1.54) is 10.4 Å². The van der Waals surface area contributed by atoms with E-state index in [0.29, 0.717) is 30.6 Å². The minimum absolute atomic E-state index is 0.0509. The number of aryl methyl sites for hydroxylation is 1. The Labute approximate surface area is 190 Å². The van der Waals surface area contributed by atoms with Crippen LogP contribution in [0.1, 0.15) is 60.0 Å². The molecule has 6 nitrogen and oxygen atoms in total. The first kappa shape index (κ1) is 23.4. The van der Waals surface area contributed by atoms with Crippen molar-refractivity contribution in [2.75, 3.05) is 13.1 Å². The van der Waals surface area contributed by atoms with Crippen molar-refractivity contribution in [3.8, 4) is 0 Å². The third-order valence-corrected chi connectivity index (χ3v) is 8.00. The third kappa shape index (κ3) is 4.81. The Morgan fingerprint density at radius 2 is 1.79 bits per heavy atom. The van der Waals surface area contributed by atoms with Gasteiger partial charge in [-0.05, 0) is 49.1 Å². The van der Waals surface area contributed by atoms with Gasteiger partial charge in [-0.1, -0.05) is 42.4 Å². The molecule has 0 amide bonds. The summed E-state index contributed by atoms with van der Waals surface area (Å²) >= 11 is 0. The van der Waals surface area contributed by atoms with Crippen molar-refractivity contribution in [1.82, 2.24) is 14.4 Å². The zero-order valence-electron chi connectivity index (χ0n) is 18.2. The van der Waals surface area contributed by atoms with E-state index in [-0.39, 0.29) is 29.8 Å². The van der Waals surface area contributed by atoms with Gasteiger partial charge in [0.1, 0.15) is 0 Å². The minimum Gasteiger partial charge on any atom is -0.339 e. The van der Waals surface area contributed by atoms with Gasteiger partial charge in [-0.15, -0.1) is 0 Å². The predicted molar refractivity (Wildman–Crippen MR) is 115 cm³/mol. The van der Waals surface area contributed by atoms with Crippen LogP contribution in [-0.4, -0.2) is 36.0 Å². The molecule has 0 radical (unpaired) electrons. The minimum atomic E-state index is -4.61. The fourth-order valence-electron chi connectivity index (χ4n) is 4.13. The topological polar surface area (TPSA) is 76.3 Å². The molecule has 0 N–H and O–H groups in total. The van der Waals surface area contributed by atoms with Crippen molar-refractivity contribution in [3.63, 3.8) is 0 Å². The van der Waals surface area contributed by atoms with Crippen LogP contribution < -0.4 is 0 Å². The van der Waals surface area contributed by atoms with E-state index in [9.17, 15) is 21.6 Å². The second-order valence-corrected chi connectivity index (χ2v) is 10.2. The van der Waals surface area contributed by atoms with Crippen LogP contribution in [0.15, 0.2) is 57.9 Å². The highest BCUT2D eigenvalue weighted by Crippen LogP contribution is 2.34. The molecular formula is C23H24F3N3O3S. The van der Waals surface area contributed by atoms with E-state index >= 15 is 0 Å². The van der Waals surface area contributed by atoms with Gasteiger partial charge in [0.05, 0.1) is 10.5 Å². The summed E-state index contributed by atoms with van der Waals surface area (Å²) in [6, 6.07) is 11.8. The number of rotatable bonds is 5. The first-order valence-corrected chi connectivity index (χ1v) is 12.1. The Balaban J connectivity index is 1.45. The summed E-state index contributed by atoms with van der Waals surface area (Å²) in [5.74, 6) is 0.869. The highest BCUT2D eigenvalue weighted by Gasteiger charge is 2.35. The Morgan fingerprint density at radius 1 is 1.09 bits per heavy atom. The monoisotopic (exact) mass is 479 g/mol. The van der Waals surface area contributed by atoms with E-state index in [2.05, 4.69) is 10.1 Å². The summed E-state index contributed by atoms with van der Waals surface area (Å²) in [6.07, 6.45) is -3.72. The van der Waals surface area contributed by atoms with Gasteiger partial charge in [-0.25, -0.2) is 8.42 Å². The van der Waals surface area contributed by atoms with Crippen molar-refractivity contribution in [2.24, 2.45) is 0 Å². The first-order chi connectivity index (χ1) is 15.6. The lowest BCUT2D eigenvalue weighted by Crippen LogP contribution is -2.38. The third-order valence-electron chi connectivity index (χ3n) is 6.10. The standard InChI is InChI=1S/C23H24F3N3O3S/c1-15-6-3-4-9-20(15)16(2)21-27-22(32-28-21)17-10-12-29(13-11-17)33(30,31)19-8-5-7-18(14-19)23(24,25)26/h3-9,14,16-17H,10-13H2,1-2H3. The molecule has 2 heterocycles. The molecule has 1 aliphatic rings. The van der Waals surface area contributed by atoms with Crippen LogP contribution in [0.4, 0.5) is 13.2 Å². The first-order valence-electron chi connectivity index (χ1n) is 10.6. The van der Waals surface area contributed by atoms with E-state index in [0.717, 1.165) is 23.3 Å². The number of hydrogen-bond donors (Lipinski definition) is 0. The fraction of sp³-hybridized carbons (Fsp3) is 0.391. The molecule has 1 unspecified atom stereocenters. The van der Waals surface area contributed by atoms with Crippen LogP contribution in [0.3, 0.4) is 0 Å². The van der Waals surface area contributed by atoms with Gasteiger partial charge in [0.15, 0.2) is 5.82 Å². The summed E-state index contributed by atoms with van der Waals surface area (Å²) in [6.45, 7) is 4.34. The molecular weight excluding hydrogens is 455 g/mol. The number of benzene rings is 2. The maximum Gasteiger partial charge on any atom is 0.416 e. The molecule has 10 heteroatoms. The molecule has 1 atom stereocenters. The summed E-state index contributed by atoms with van der Waals surface area (Å²) in [7, 11) is -4.03. The van der Waals surface area contributed by atoms with E-state index in [4.69, 9.17) is 4.52 Å². The van der Waals surface area contributed by atoms with Gasteiger partial charge in [0.25, 0.3) is 0 Å². The highest BCUT2D eigenvalue weighted by molar-refractivity contribution is 7.89. The molecule has 3 aromatic rings. The van der Waals surface area contributed by atoms with Gasteiger partial charge >= 0.3 is 6.18 Å². The van der Waals surface area contributed by atoms with Gasteiger partial charge in [-0.3, -0.25) is 0 Å². The molecule has 2 aromatic carbocycles. The molecule has 0 aliphatic carbocycles. The van der Waals surface area contributed by atoms with Crippen LogP contribution in [0.5, 0.6) is 0 Å².